The summed E-state index contributed by atoms with van der Waals surface area (Å²) in [6.07, 6.45) is 9.17. The van der Waals surface area contributed by atoms with Crippen LogP contribution in [0.3, 0.4) is 0 Å². The van der Waals surface area contributed by atoms with E-state index in [9.17, 15) is 14.4 Å². The second kappa shape index (κ2) is 17.0. The summed E-state index contributed by atoms with van der Waals surface area (Å²) in [5.74, 6) is -0.209. The van der Waals surface area contributed by atoms with Crippen molar-refractivity contribution in [2.24, 2.45) is 4.99 Å². The number of nitrogens with one attached hydrogen (secondary N) is 1. The summed E-state index contributed by atoms with van der Waals surface area (Å²) in [6.45, 7) is 8.79. The number of carbonyl (C=O) groups excluding carboxylic acids is 3. The number of ether oxygens (including phenoxy) is 4. The van der Waals surface area contributed by atoms with Crippen LogP contribution in [0.5, 0.6) is 0 Å². The molecule has 3 aliphatic heterocycles. The molecule has 270 valence electrons. The van der Waals surface area contributed by atoms with Crippen molar-refractivity contribution >= 4 is 23.7 Å². The highest BCUT2D eigenvalue weighted by atomic mass is 16.6. The van der Waals surface area contributed by atoms with Gasteiger partial charge in [0, 0.05) is 50.4 Å². The van der Waals surface area contributed by atoms with Gasteiger partial charge in [-0.15, -0.1) is 0 Å². The first-order valence-electron chi connectivity index (χ1n) is 18.4. The summed E-state index contributed by atoms with van der Waals surface area (Å²) in [5.41, 5.74) is 2.43. The van der Waals surface area contributed by atoms with Crippen molar-refractivity contribution in [2.75, 3.05) is 59.7 Å². The van der Waals surface area contributed by atoms with E-state index in [0.29, 0.717) is 24.3 Å². The maximum atomic E-state index is 12.7. The topological polar surface area (TPSA) is 119 Å². The van der Waals surface area contributed by atoms with Gasteiger partial charge in [-0.25, -0.2) is 14.6 Å². The van der Waals surface area contributed by atoms with Crippen LogP contribution in [0, 0.1) is 0 Å². The summed E-state index contributed by atoms with van der Waals surface area (Å²) >= 11 is 0. The normalized spacial score (nSPS) is 22.1. The molecule has 3 heterocycles. The molecule has 4 fully saturated rings. The number of amides is 1. The van der Waals surface area contributed by atoms with Crippen LogP contribution in [0.2, 0.25) is 0 Å². The molecule has 0 radical (unpaired) electrons. The Bertz CT molecular complexity index is 1470. The molecule has 11 nitrogen and oxygen atoms in total. The van der Waals surface area contributed by atoms with Crippen molar-refractivity contribution in [1.82, 2.24) is 15.1 Å². The van der Waals surface area contributed by atoms with Crippen molar-refractivity contribution in [2.45, 2.75) is 88.4 Å². The maximum Gasteiger partial charge on any atom is 0.340 e. The number of carbonyl (C=O) groups is 3. The van der Waals surface area contributed by atoms with E-state index in [1.165, 1.54) is 24.7 Å². The fourth-order valence-corrected chi connectivity index (χ4v) is 7.59. The first-order valence-corrected chi connectivity index (χ1v) is 18.4. The van der Waals surface area contributed by atoms with E-state index in [2.05, 4.69) is 27.2 Å². The Hall–Kier alpha value is -3.64. The fraction of sp³-hybridized carbons (Fsp3) is 0.590. The fourth-order valence-electron chi connectivity index (χ4n) is 7.59. The lowest BCUT2D eigenvalue weighted by Gasteiger charge is -2.35. The molecule has 1 spiro atoms. The molecule has 2 aromatic carbocycles. The van der Waals surface area contributed by atoms with Gasteiger partial charge in [-0.3, -0.25) is 14.6 Å². The highest BCUT2D eigenvalue weighted by Crippen LogP contribution is 2.37. The van der Waals surface area contributed by atoms with E-state index >= 15 is 0 Å². The Balaban J connectivity index is 0.000000173. The zero-order valence-corrected chi connectivity index (χ0v) is 29.5. The van der Waals surface area contributed by atoms with Crippen LogP contribution in [0.15, 0.2) is 53.5 Å². The van der Waals surface area contributed by atoms with Gasteiger partial charge in [0.15, 0.2) is 5.54 Å². The average molecular weight is 689 g/mol. The standard InChI is InChI=1S/C20H28N2O4.C19H24N2O3/c1-25-19(24)20(9-3-2-4-10-20)21-18(23)17-7-5-16(6-8-17)15-22-11-13-26-14-12-22;22-18-19(8-2-1-3-9-19)20-17(24-18)16-6-4-15(5-7-16)14-21-10-12-23-13-11-21/h5-8H,2-4,9-15H2,1H3,(H,21,23);4-7H,1-3,8-14H2. The Labute approximate surface area is 295 Å². The second-order valence-corrected chi connectivity index (χ2v) is 14.2. The lowest BCUT2D eigenvalue weighted by molar-refractivity contribution is -0.149. The predicted octanol–water partition coefficient (Wildman–Crippen LogP) is 4.65. The summed E-state index contributed by atoms with van der Waals surface area (Å²) < 4.78 is 21.2. The summed E-state index contributed by atoms with van der Waals surface area (Å²) in [7, 11) is 1.38. The van der Waals surface area contributed by atoms with Crippen molar-refractivity contribution in [3.63, 3.8) is 0 Å². The van der Waals surface area contributed by atoms with Crippen LogP contribution in [-0.4, -0.2) is 104 Å². The van der Waals surface area contributed by atoms with Crippen LogP contribution in [0.25, 0.3) is 0 Å². The van der Waals surface area contributed by atoms with Gasteiger partial charge >= 0.3 is 11.9 Å². The van der Waals surface area contributed by atoms with E-state index in [-0.39, 0.29) is 17.8 Å². The summed E-state index contributed by atoms with van der Waals surface area (Å²) in [5, 5.41) is 2.96. The van der Waals surface area contributed by atoms with Crippen LogP contribution >= 0.6 is 0 Å². The predicted molar refractivity (Wildman–Crippen MR) is 189 cm³/mol. The van der Waals surface area contributed by atoms with E-state index in [4.69, 9.17) is 23.9 Å². The number of esters is 2. The number of benzene rings is 2. The molecular formula is C39H52N4O7. The minimum Gasteiger partial charge on any atom is -0.467 e. The third-order valence-electron chi connectivity index (χ3n) is 10.6. The summed E-state index contributed by atoms with van der Waals surface area (Å²) in [4.78, 5) is 46.7. The molecule has 7 rings (SSSR count). The van der Waals surface area contributed by atoms with Gasteiger partial charge in [-0.2, -0.15) is 0 Å². The Morgan fingerprint density at radius 2 is 1.24 bits per heavy atom. The van der Waals surface area contributed by atoms with E-state index in [1.807, 2.05) is 36.4 Å². The third-order valence-corrected chi connectivity index (χ3v) is 10.6. The molecule has 2 aromatic rings. The number of rotatable bonds is 8. The van der Waals surface area contributed by atoms with Crippen molar-refractivity contribution in [1.29, 1.82) is 0 Å². The molecule has 1 N–H and O–H groups in total. The van der Waals surface area contributed by atoms with E-state index in [1.54, 1.807) is 0 Å². The first kappa shape index (κ1) is 36.2. The highest BCUT2D eigenvalue weighted by Gasteiger charge is 2.46. The number of hydrogen-bond donors (Lipinski definition) is 1. The number of cyclic esters (lactones) is 1. The lowest BCUT2D eigenvalue weighted by atomic mass is 9.81. The molecule has 0 atom stereocenters. The van der Waals surface area contributed by atoms with Gasteiger partial charge in [0.2, 0.25) is 5.90 Å². The number of methoxy groups -OCH3 is 1. The summed E-state index contributed by atoms with van der Waals surface area (Å²) in [6, 6.07) is 15.9. The van der Waals surface area contributed by atoms with Crippen LogP contribution in [0.1, 0.15) is 91.3 Å². The number of aliphatic imine (C=N–C) groups is 1. The smallest absolute Gasteiger partial charge is 0.340 e. The zero-order valence-electron chi connectivity index (χ0n) is 29.5. The molecular weight excluding hydrogens is 636 g/mol. The monoisotopic (exact) mass is 688 g/mol. The Kier molecular flexibility index (Phi) is 12.3. The molecule has 50 heavy (non-hydrogen) atoms. The highest BCUT2D eigenvalue weighted by molar-refractivity contribution is 6.08. The number of nitrogens with zero attached hydrogens (tertiary/aromatic N) is 3. The van der Waals surface area contributed by atoms with Gasteiger partial charge in [-0.1, -0.05) is 62.8 Å². The zero-order chi connectivity index (χ0) is 34.8. The van der Waals surface area contributed by atoms with E-state index in [0.717, 1.165) is 116 Å². The molecule has 11 heteroatoms. The third kappa shape index (κ3) is 8.98. The quantitative estimate of drug-likeness (QED) is 0.396. The van der Waals surface area contributed by atoms with Crippen molar-refractivity contribution < 1.29 is 33.3 Å². The molecule has 2 saturated carbocycles. The number of morpholine rings is 2. The van der Waals surface area contributed by atoms with Gasteiger partial charge in [0.05, 0.1) is 33.5 Å². The molecule has 2 aliphatic carbocycles. The van der Waals surface area contributed by atoms with Crippen molar-refractivity contribution in [3.05, 3.63) is 70.8 Å². The maximum absolute atomic E-state index is 12.7. The largest absolute Gasteiger partial charge is 0.467 e. The molecule has 0 aromatic heterocycles. The second-order valence-electron chi connectivity index (χ2n) is 14.2. The lowest BCUT2D eigenvalue weighted by Crippen LogP contribution is -2.56. The minimum atomic E-state index is -0.878. The van der Waals surface area contributed by atoms with Crippen LogP contribution in [-0.2, 0) is 41.6 Å². The average Bonchev–Trinajstić information content (AvgIpc) is 3.47. The molecule has 0 unspecified atom stereocenters. The van der Waals surface area contributed by atoms with Gasteiger partial charge < -0.3 is 24.3 Å². The van der Waals surface area contributed by atoms with Gasteiger partial charge in [0.25, 0.3) is 5.91 Å². The van der Waals surface area contributed by atoms with Gasteiger partial charge in [0.1, 0.15) is 5.54 Å². The number of hydrogen-bond acceptors (Lipinski definition) is 10. The van der Waals surface area contributed by atoms with Crippen molar-refractivity contribution in [3.8, 4) is 0 Å². The molecule has 1 amide bonds. The minimum absolute atomic E-state index is 0.158. The first-order chi connectivity index (χ1) is 24.4. The van der Waals surface area contributed by atoms with Crippen LogP contribution < -0.4 is 5.32 Å². The van der Waals surface area contributed by atoms with Crippen LogP contribution in [0.4, 0.5) is 0 Å². The van der Waals surface area contributed by atoms with Gasteiger partial charge in [-0.05, 0) is 61.1 Å². The molecule has 5 aliphatic rings. The van der Waals surface area contributed by atoms with E-state index < -0.39 is 11.1 Å². The molecule has 0 bridgehead atoms. The SMILES string of the molecule is COC(=O)C1(NC(=O)c2ccc(CN3CCOCC3)cc2)CCCCC1.O=C1OC(c2ccc(CN3CCOCC3)cc2)=NC12CCCCC2. The molecule has 2 saturated heterocycles. The Morgan fingerprint density at radius 1 is 0.740 bits per heavy atom. The Morgan fingerprint density at radius 3 is 1.76 bits per heavy atom.